The standard InChI is InChI=1S/C11H16N2O2/c1-2-12-10-5-3-9(4-6-10)7-8-13-11(14)15/h3-6,12-13H,2,7-8H2,1H3,(H,14,15). The molecule has 0 aliphatic heterocycles. The van der Waals surface area contributed by atoms with E-state index in [2.05, 4.69) is 10.6 Å². The van der Waals surface area contributed by atoms with Gasteiger partial charge >= 0.3 is 6.09 Å². The average molecular weight is 208 g/mol. The molecule has 15 heavy (non-hydrogen) atoms. The van der Waals surface area contributed by atoms with Crippen LogP contribution in [0.5, 0.6) is 0 Å². The molecule has 1 aromatic carbocycles. The van der Waals surface area contributed by atoms with Crippen molar-refractivity contribution in [2.75, 3.05) is 18.4 Å². The van der Waals surface area contributed by atoms with Crippen molar-refractivity contribution >= 4 is 11.8 Å². The third-order valence-corrected chi connectivity index (χ3v) is 2.02. The lowest BCUT2D eigenvalue weighted by molar-refractivity contribution is 0.194. The first-order valence-electron chi connectivity index (χ1n) is 5.02. The van der Waals surface area contributed by atoms with Gasteiger partial charge in [0.2, 0.25) is 0 Å². The lowest BCUT2D eigenvalue weighted by Gasteiger charge is -2.05. The molecule has 0 bridgehead atoms. The number of hydrogen-bond acceptors (Lipinski definition) is 2. The molecule has 3 N–H and O–H groups in total. The van der Waals surface area contributed by atoms with Gasteiger partial charge in [0.05, 0.1) is 0 Å². The van der Waals surface area contributed by atoms with Crippen LogP contribution in [0.3, 0.4) is 0 Å². The maximum Gasteiger partial charge on any atom is 0.404 e. The summed E-state index contributed by atoms with van der Waals surface area (Å²) in [4.78, 5) is 10.2. The van der Waals surface area contributed by atoms with Gasteiger partial charge in [-0.25, -0.2) is 4.79 Å². The van der Waals surface area contributed by atoms with Crippen molar-refractivity contribution in [2.24, 2.45) is 0 Å². The topological polar surface area (TPSA) is 61.4 Å². The molecule has 0 aromatic heterocycles. The van der Waals surface area contributed by atoms with Crippen molar-refractivity contribution in [2.45, 2.75) is 13.3 Å². The lowest BCUT2D eigenvalue weighted by atomic mass is 10.1. The van der Waals surface area contributed by atoms with Gasteiger partial charge in [0.15, 0.2) is 0 Å². The summed E-state index contributed by atoms with van der Waals surface area (Å²) >= 11 is 0. The summed E-state index contributed by atoms with van der Waals surface area (Å²) in [5.74, 6) is 0. The number of amides is 1. The summed E-state index contributed by atoms with van der Waals surface area (Å²) in [5.41, 5.74) is 2.22. The summed E-state index contributed by atoms with van der Waals surface area (Å²) in [7, 11) is 0. The Morgan fingerprint density at radius 2 is 2.00 bits per heavy atom. The van der Waals surface area contributed by atoms with E-state index in [0.717, 1.165) is 24.2 Å². The molecule has 0 atom stereocenters. The fraction of sp³-hybridized carbons (Fsp3) is 0.364. The normalized spacial score (nSPS) is 9.67. The van der Waals surface area contributed by atoms with E-state index >= 15 is 0 Å². The molecule has 1 aromatic rings. The highest BCUT2D eigenvalue weighted by Gasteiger charge is 1.96. The van der Waals surface area contributed by atoms with Gasteiger partial charge in [-0.05, 0) is 31.0 Å². The fourth-order valence-electron chi connectivity index (χ4n) is 1.31. The third-order valence-electron chi connectivity index (χ3n) is 2.02. The van der Waals surface area contributed by atoms with Gasteiger partial charge in [-0.15, -0.1) is 0 Å². The van der Waals surface area contributed by atoms with Crippen LogP contribution in [0, 0.1) is 0 Å². The second-order valence-corrected chi connectivity index (χ2v) is 3.21. The van der Waals surface area contributed by atoms with E-state index in [9.17, 15) is 4.79 Å². The van der Waals surface area contributed by atoms with E-state index < -0.39 is 6.09 Å². The molecule has 0 unspecified atom stereocenters. The molecule has 0 fully saturated rings. The fourth-order valence-corrected chi connectivity index (χ4v) is 1.31. The van der Waals surface area contributed by atoms with E-state index in [4.69, 9.17) is 5.11 Å². The highest BCUT2D eigenvalue weighted by Crippen LogP contribution is 2.09. The minimum atomic E-state index is -0.973. The maximum absolute atomic E-state index is 10.2. The monoisotopic (exact) mass is 208 g/mol. The second kappa shape index (κ2) is 5.90. The van der Waals surface area contributed by atoms with Crippen LogP contribution in [0.1, 0.15) is 12.5 Å². The Hall–Kier alpha value is -1.71. The minimum Gasteiger partial charge on any atom is -0.465 e. The number of anilines is 1. The van der Waals surface area contributed by atoms with Crippen molar-refractivity contribution in [3.63, 3.8) is 0 Å². The SMILES string of the molecule is CCNc1ccc(CCNC(=O)O)cc1. The molecular weight excluding hydrogens is 192 g/mol. The van der Waals surface area contributed by atoms with Gasteiger partial charge in [0.25, 0.3) is 0 Å². The van der Waals surface area contributed by atoms with Crippen molar-refractivity contribution in [1.82, 2.24) is 5.32 Å². The highest BCUT2D eigenvalue weighted by molar-refractivity contribution is 5.64. The zero-order valence-electron chi connectivity index (χ0n) is 8.79. The van der Waals surface area contributed by atoms with E-state index in [0.29, 0.717) is 6.54 Å². The Morgan fingerprint density at radius 3 is 2.53 bits per heavy atom. The molecule has 4 nitrogen and oxygen atoms in total. The second-order valence-electron chi connectivity index (χ2n) is 3.21. The van der Waals surface area contributed by atoms with Gasteiger partial charge in [-0.1, -0.05) is 12.1 Å². The molecule has 0 saturated heterocycles. The zero-order valence-corrected chi connectivity index (χ0v) is 8.79. The summed E-state index contributed by atoms with van der Waals surface area (Å²) in [6.07, 6.45) is -0.252. The van der Waals surface area contributed by atoms with Crippen molar-refractivity contribution in [3.8, 4) is 0 Å². The first kappa shape index (κ1) is 11.4. The summed E-state index contributed by atoms with van der Waals surface area (Å²) in [6.45, 7) is 3.40. The van der Waals surface area contributed by atoms with E-state index in [-0.39, 0.29) is 0 Å². The Balaban J connectivity index is 2.39. The molecule has 82 valence electrons. The summed E-state index contributed by atoms with van der Waals surface area (Å²) < 4.78 is 0. The van der Waals surface area contributed by atoms with Crippen LogP contribution >= 0.6 is 0 Å². The number of hydrogen-bond donors (Lipinski definition) is 3. The average Bonchev–Trinajstić information content (AvgIpc) is 2.20. The van der Waals surface area contributed by atoms with Crippen molar-refractivity contribution in [3.05, 3.63) is 29.8 Å². The van der Waals surface area contributed by atoms with Crippen LogP contribution in [0.15, 0.2) is 24.3 Å². The van der Waals surface area contributed by atoms with E-state index in [1.807, 2.05) is 31.2 Å². The third kappa shape index (κ3) is 4.35. The lowest BCUT2D eigenvalue weighted by Crippen LogP contribution is -2.23. The number of rotatable bonds is 5. The first-order chi connectivity index (χ1) is 7.22. The molecule has 0 aliphatic carbocycles. The number of carboxylic acid groups (broad SMARTS) is 1. The number of carbonyl (C=O) groups is 1. The van der Waals surface area contributed by atoms with Crippen LogP contribution < -0.4 is 10.6 Å². The van der Waals surface area contributed by atoms with Crippen molar-refractivity contribution < 1.29 is 9.90 Å². The molecular formula is C11H16N2O2. The molecule has 0 spiro atoms. The Kier molecular flexibility index (Phi) is 4.47. The minimum absolute atomic E-state index is 0.454. The molecule has 0 radical (unpaired) electrons. The predicted octanol–water partition coefficient (Wildman–Crippen LogP) is 1.93. The first-order valence-corrected chi connectivity index (χ1v) is 5.02. The molecule has 4 heteroatoms. The molecule has 1 amide bonds. The molecule has 0 heterocycles. The largest absolute Gasteiger partial charge is 0.465 e. The Morgan fingerprint density at radius 1 is 1.33 bits per heavy atom. The van der Waals surface area contributed by atoms with Crippen LogP contribution in [0.25, 0.3) is 0 Å². The smallest absolute Gasteiger partial charge is 0.404 e. The van der Waals surface area contributed by atoms with Gasteiger partial charge in [-0.2, -0.15) is 0 Å². The zero-order chi connectivity index (χ0) is 11.1. The van der Waals surface area contributed by atoms with Crippen LogP contribution in [-0.4, -0.2) is 24.3 Å². The number of benzene rings is 1. The molecule has 1 rings (SSSR count). The van der Waals surface area contributed by atoms with Gasteiger partial charge in [0.1, 0.15) is 0 Å². The molecule has 0 saturated carbocycles. The van der Waals surface area contributed by atoms with Crippen molar-refractivity contribution in [1.29, 1.82) is 0 Å². The van der Waals surface area contributed by atoms with Gasteiger partial charge in [-0.3, -0.25) is 0 Å². The van der Waals surface area contributed by atoms with Gasteiger partial charge in [0, 0.05) is 18.8 Å². The van der Waals surface area contributed by atoms with Crippen LogP contribution in [-0.2, 0) is 6.42 Å². The Labute approximate surface area is 89.3 Å². The highest BCUT2D eigenvalue weighted by atomic mass is 16.4. The Bertz CT molecular complexity index is 309. The predicted molar refractivity (Wildman–Crippen MR) is 60.3 cm³/mol. The summed E-state index contributed by atoms with van der Waals surface area (Å²) in [6, 6.07) is 8.00. The summed E-state index contributed by atoms with van der Waals surface area (Å²) in [5, 5.41) is 13.9. The van der Waals surface area contributed by atoms with E-state index in [1.54, 1.807) is 0 Å². The van der Waals surface area contributed by atoms with Gasteiger partial charge < -0.3 is 15.7 Å². The molecule has 0 aliphatic rings. The van der Waals surface area contributed by atoms with Crippen LogP contribution in [0.4, 0.5) is 10.5 Å². The number of nitrogens with one attached hydrogen (secondary N) is 2. The van der Waals surface area contributed by atoms with E-state index in [1.165, 1.54) is 0 Å². The maximum atomic E-state index is 10.2. The quantitative estimate of drug-likeness (QED) is 0.693. The van der Waals surface area contributed by atoms with Crippen LogP contribution in [0.2, 0.25) is 0 Å².